The lowest BCUT2D eigenvalue weighted by Gasteiger charge is -2.29. The molecule has 0 aliphatic carbocycles. The van der Waals surface area contributed by atoms with Crippen LogP contribution in [0.15, 0.2) is 36.7 Å². The van der Waals surface area contributed by atoms with Crippen molar-refractivity contribution in [3.63, 3.8) is 0 Å². The van der Waals surface area contributed by atoms with Crippen LogP contribution in [0.1, 0.15) is 38.6 Å². The Morgan fingerprint density at radius 1 is 1.25 bits per heavy atom. The summed E-state index contributed by atoms with van der Waals surface area (Å²) >= 11 is 0. The zero-order valence-electron chi connectivity index (χ0n) is 12.6. The number of hydrogen-bond acceptors (Lipinski definition) is 3. The Bertz CT molecular complexity index is 490. The summed E-state index contributed by atoms with van der Waals surface area (Å²) < 4.78 is 0. The van der Waals surface area contributed by atoms with E-state index in [1.165, 1.54) is 5.56 Å². The molecule has 2 N–H and O–H groups in total. The van der Waals surface area contributed by atoms with Gasteiger partial charge in [-0.3, -0.25) is 5.10 Å². The average Bonchev–Trinajstić information content (AvgIpc) is 2.92. The van der Waals surface area contributed by atoms with Crippen molar-refractivity contribution in [1.29, 1.82) is 0 Å². The van der Waals surface area contributed by atoms with Gasteiger partial charge < -0.3 is 5.32 Å². The summed E-state index contributed by atoms with van der Waals surface area (Å²) in [5.41, 5.74) is 1.57. The molecule has 0 radical (unpaired) electrons. The molecule has 1 aromatic carbocycles. The lowest BCUT2D eigenvalue weighted by Crippen LogP contribution is -2.34. The van der Waals surface area contributed by atoms with Crippen LogP contribution >= 0.6 is 0 Å². The Morgan fingerprint density at radius 3 is 2.65 bits per heavy atom. The number of rotatable bonds is 7. The summed E-state index contributed by atoms with van der Waals surface area (Å²) in [4.78, 5) is 4.13. The minimum atomic E-state index is 0.180. The van der Waals surface area contributed by atoms with Crippen molar-refractivity contribution in [2.45, 2.75) is 45.1 Å². The van der Waals surface area contributed by atoms with E-state index >= 15 is 0 Å². The van der Waals surface area contributed by atoms with Crippen molar-refractivity contribution in [3.8, 4) is 0 Å². The van der Waals surface area contributed by atoms with Crippen LogP contribution < -0.4 is 5.32 Å². The molecule has 1 atom stereocenters. The van der Waals surface area contributed by atoms with Crippen molar-refractivity contribution in [1.82, 2.24) is 20.5 Å². The summed E-state index contributed by atoms with van der Waals surface area (Å²) in [5, 5.41) is 10.3. The molecule has 108 valence electrons. The maximum absolute atomic E-state index is 4.13. The molecule has 4 nitrogen and oxygen atoms in total. The van der Waals surface area contributed by atoms with Crippen molar-refractivity contribution in [2.24, 2.45) is 0 Å². The molecule has 1 aromatic heterocycles. The van der Waals surface area contributed by atoms with Gasteiger partial charge in [0.05, 0.1) is 0 Å². The number of hydrogen-bond donors (Lipinski definition) is 2. The maximum atomic E-state index is 4.13. The van der Waals surface area contributed by atoms with Crippen LogP contribution in [0.2, 0.25) is 0 Å². The Labute approximate surface area is 121 Å². The molecule has 1 heterocycles. The second kappa shape index (κ2) is 6.66. The minimum absolute atomic E-state index is 0.180. The SMILES string of the molecule is CC(CC(C)(C)c1ccccc1)NCCc1ncn[nH]1. The van der Waals surface area contributed by atoms with Crippen LogP contribution in [0.3, 0.4) is 0 Å². The van der Waals surface area contributed by atoms with E-state index in [2.05, 4.69) is 71.6 Å². The molecule has 2 rings (SSSR count). The smallest absolute Gasteiger partial charge is 0.137 e. The fourth-order valence-corrected chi connectivity index (χ4v) is 2.63. The number of nitrogens with one attached hydrogen (secondary N) is 2. The lowest BCUT2D eigenvalue weighted by atomic mass is 9.79. The van der Waals surface area contributed by atoms with Crippen molar-refractivity contribution in [2.75, 3.05) is 6.54 Å². The minimum Gasteiger partial charge on any atom is -0.314 e. The Balaban J connectivity index is 1.80. The van der Waals surface area contributed by atoms with Gasteiger partial charge in [-0.05, 0) is 24.3 Å². The normalized spacial score (nSPS) is 13.3. The van der Waals surface area contributed by atoms with Crippen LogP contribution in [-0.4, -0.2) is 27.8 Å². The molecule has 0 fully saturated rings. The molecule has 2 aromatic rings. The van der Waals surface area contributed by atoms with E-state index in [9.17, 15) is 0 Å². The van der Waals surface area contributed by atoms with E-state index in [4.69, 9.17) is 0 Å². The van der Waals surface area contributed by atoms with Crippen molar-refractivity contribution >= 4 is 0 Å². The highest BCUT2D eigenvalue weighted by molar-refractivity contribution is 5.23. The van der Waals surface area contributed by atoms with Gasteiger partial charge in [0.2, 0.25) is 0 Å². The molecular formula is C16H24N4. The van der Waals surface area contributed by atoms with Gasteiger partial charge in [0.1, 0.15) is 12.2 Å². The Kier molecular flexibility index (Phi) is 4.90. The summed E-state index contributed by atoms with van der Waals surface area (Å²) in [6, 6.07) is 11.2. The van der Waals surface area contributed by atoms with Crippen molar-refractivity contribution < 1.29 is 0 Å². The monoisotopic (exact) mass is 272 g/mol. The standard InChI is InChI=1S/C16H24N4/c1-13(17-10-9-15-18-12-19-20-15)11-16(2,3)14-7-5-4-6-8-14/h4-8,12-13,17H,9-11H2,1-3H3,(H,18,19,20). The van der Waals surface area contributed by atoms with Gasteiger partial charge in [0.15, 0.2) is 0 Å². The van der Waals surface area contributed by atoms with E-state index in [1.807, 2.05) is 0 Å². The third kappa shape index (κ3) is 4.17. The summed E-state index contributed by atoms with van der Waals surface area (Å²) in [5.74, 6) is 0.937. The summed E-state index contributed by atoms with van der Waals surface area (Å²) in [7, 11) is 0. The van der Waals surface area contributed by atoms with E-state index in [0.717, 1.165) is 25.2 Å². The first-order valence-electron chi connectivity index (χ1n) is 7.21. The number of aromatic amines is 1. The third-order valence-electron chi connectivity index (χ3n) is 3.69. The van der Waals surface area contributed by atoms with Crippen LogP contribution in [0.5, 0.6) is 0 Å². The van der Waals surface area contributed by atoms with Crippen LogP contribution in [-0.2, 0) is 11.8 Å². The fourth-order valence-electron chi connectivity index (χ4n) is 2.63. The van der Waals surface area contributed by atoms with Crippen molar-refractivity contribution in [3.05, 3.63) is 48.0 Å². The molecule has 0 spiro atoms. The van der Waals surface area contributed by atoms with Gasteiger partial charge in [-0.1, -0.05) is 44.2 Å². The third-order valence-corrected chi connectivity index (χ3v) is 3.69. The summed E-state index contributed by atoms with van der Waals surface area (Å²) in [6.07, 6.45) is 3.54. The van der Waals surface area contributed by atoms with Gasteiger partial charge in [0.25, 0.3) is 0 Å². The first-order chi connectivity index (χ1) is 9.58. The molecule has 0 saturated carbocycles. The number of H-pyrrole nitrogens is 1. The van der Waals surface area contributed by atoms with Crippen LogP contribution in [0.4, 0.5) is 0 Å². The number of nitrogens with zero attached hydrogens (tertiary/aromatic N) is 2. The first-order valence-corrected chi connectivity index (χ1v) is 7.21. The van der Waals surface area contributed by atoms with Gasteiger partial charge in [-0.25, -0.2) is 4.98 Å². The Hall–Kier alpha value is -1.68. The Morgan fingerprint density at radius 2 is 2.00 bits per heavy atom. The maximum Gasteiger partial charge on any atom is 0.137 e. The largest absolute Gasteiger partial charge is 0.314 e. The molecule has 1 unspecified atom stereocenters. The molecule has 0 amide bonds. The zero-order chi connectivity index (χ0) is 14.4. The number of aromatic nitrogens is 3. The van der Waals surface area contributed by atoms with E-state index in [-0.39, 0.29) is 5.41 Å². The molecule has 0 bridgehead atoms. The molecule has 0 saturated heterocycles. The van der Waals surface area contributed by atoms with E-state index < -0.39 is 0 Å². The molecule has 20 heavy (non-hydrogen) atoms. The van der Waals surface area contributed by atoms with Crippen LogP contribution in [0, 0.1) is 0 Å². The highest BCUT2D eigenvalue weighted by Gasteiger charge is 2.22. The average molecular weight is 272 g/mol. The second-order valence-electron chi connectivity index (χ2n) is 5.99. The second-order valence-corrected chi connectivity index (χ2v) is 5.99. The van der Waals surface area contributed by atoms with E-state index in [1.54, 1.807) is 6.33 Å². The molecule has 4 heteroatoms. The molecule has 0 aliphatic heterocycles. The topological polar surface area (TPSA) is 53.6 Å². The first kappa shape index (κ1) is 14.7. The molecular weight excluding hydrogens is 248 g/mol. The fraction of sp³-hybridized carbons (Fsp3) is 0.500. The highest BCUT2D eigenvalue weighted by atomic mass is 15.2. The van der Waals surface area contributed by atoms with Crippen LogP contribution in [0.25, 0.3) is 0 Å². The predicted octanol–water partition coefficient (Wildman–Crippen LogP) is 2.69. The van der Waals surface area contributed by atoms with Gasteiger partial charge in [-0.15, -0.1) is 0 Å². The predicted molar refractivity (Wildman–Crippen MR) is 81.6 cm³/mol. The lowest BCUT2D eigenvalue weighted by molar-refractivity contribution is 0.390. The van der Waals surface area contributed by atoms with Gasteiger partial charge in [-0.2, -0.15) is 5.10 Å². The highest BCUT2D eigenvalue weighted by Crippen LogP contribution is 2.27. The van der Waals surface area contributed by atoms with Gasteiger partial charge >= 0.3 is 0 Å². The molecule has 0 aliphatic rings. The summed E-state index contributed by atoms with van der Waals surface area (Å²) in [6.45, 7) is 7.76. The zero-order valence-corrected chi connectivity index (χ0v) is 12.6. The van der Waals surface area contributed by atoms with E-state index in [0.29, 0.717) is 6.04 Å². The van der Waals surface area contributed by atoms with Gasteiger partial charge in [0, 0.05) is 19.0 Å². The quantitative estimate of drug-likeness (QED) is 0.815. The number of benzene rings is 1.